The number of hydrogen-bond acceptors (Lipinski definition) is 1. The fraction of sp³-hybridized carbons (Fsp3) is 0.571. The second kappa shape index (κ2) is 5.74. The molecule has 18 heavy (non-hydrogen) atoms. The van der Waals surface area contributed by atoms with Crippen molar-refractivity contribution in [3.63, 3.8) is 0 Å². The molecular weight excluding hydrogens is 241 g/mol. The van der Waals surface area contributed by atoms with Crippen LogP contribution in [0.25, 0.3) is 0 Å². The smallest absolute Gasteiger partial charge is 0.194 e. The van der Waals surface area contributed by atoms with E-state index in [1.807, 2.05) is 0 Å². The highest BCUT2D eigenvalue weighted by Crippen LogP contribution is 2.33. The molecule has 1 N–H and O–H groups in total. The van der Waals surface area contributed by atoms with Gasteiger partial charge in [0.25, 0.3) is 0 Å². The van der Waals surface area contributed by atoms with Gasteiger partial charge in [-0.3, -0.25) is 0 Å². The van der Waals surface area contributed by atoms with Crippen molar-refractivity contribution in [3.8, 4) is 0 Å². The van der Waals surface area contributed by atoms with E-state index >= 15 is 0 Å². The van der Waals surface area contributed by atoms with Crippen molar-refractivity contribution in [3.05, 3.63) is 35.1 Å². The molecule has 1 saturated carbocycles. The Morgan fingerprint density at radius 3 is 2.39 bits per heavy atom. The molecule has 1 nitrogen and oxygen atoms in total. The summed E-state index contributed by atoms with van der Waals surface area (Å²) in [6.45, 7) is 0. The molecule has 0 spiro atoms. The Hall–Kier alpha value is -1.03. The van der Waals surface area contributed by atoms with Gasteiger partial charge in [0.2, 0.25) is 0 Å². The molecule has 0 bridgehead atoms. The number of aliphatic hydroxyl groups is 1. The highest BCUT2D eigenvalue weighted by atomic mass is 19.2. The van der Waals surface area contributed by atoms with Crippen molar-refractivity contribution >= 4 is 0 Å². The lowest BCUT2D eigenvalue weighted by Crippen LogP contribution is -2.13. The van der Waals surface area contributed by atoms with Crippen molar-refractivity contribution in [1.29, 1.82) is 0 Å². The van der Waals surface area contributed by atoms with Crippen LogP contribution in [0.5, 0.6) is 0 Å². The van der Waals surface area contributed by atoms with E-state index in [0.717, 1.165) is 37.8 Å². The third-order valence-electron chi connectivity index (χ3n) is 3.71. The first-order valence-electron chi connectivity index (χ1n) is 6.41. The Morgan fingerprint density at radius 1 is 1.06 bits per heavy atom. The molecule has 1 aliphatic carbocycles. The maximum atomic E-state index is 13.5. The van der Waals surface area contributed by atoms with E-state index in [1.54, 1.807) is 0 Å². The minimum atomic E-state index is -1.50. The van der Waals surface area contributed by atoms with E-state index < -0.39 is 23.6 Å². The summed E-state index contributed by atoms with van der Waals surface area (Å²) in [6, 6.07) is 1.99. The standard InChI is InChI=1S/C14H17F3O/c15-11-7-6-10(13(16)14(11)17)12(18)8-9-4-2-1-3-5-9/h6-7,9,12,18H,1-5,8H2. The summed E-state index contributed by atoms with van der Waals surface area (Å²) in [6.07, 6.45) is 4.84. The number of rotatable bonds is 3. The molecule has 1 aromatic rings. The van der Waals surface area contributed by atoms with Crippen molar-refractivity contribution in [2.24, 2.45) is 5.92 Å². The van der Waals surface area contributed by atoms with Crippen LogP contribution in [-0.2, 0) is 0 Å². The Morgan fingerprint density at radius 2 is 1.72 bits per heavy atom. The van der Waals surface area contributed by atoms with Crippen molar-refractivity contribution < 1.29 is 18.3 Å². The number of halogens is 3. The lowest BCUT2D eigenvalue weighted by atomic mass is 9.84. The lowest BCUT2D eigenvalue weighted by molar-refractivity contribution is 0.126. The topological polar surface area (TPSA) is 20.2 Å². The van der Waals surface area contributed by atoms with Gasteiger partial charge in [0.1, 0.15) is 0 Å². The molecule has 100 valence electrons. The van der Waals surface area contributed by atoms with Crippen LogP contribution >= 0.6 is 0 Å². The number of hydrogen-bond donors (Lipinski definition) is 1. The van der Waals surface area contributed by atoms with Gasteiger partial charge in [0, 0.05) is 5.56 Å². The summed E-state index contributed by atoms with van der Waals surface area (Å²) >= 11 is 0. The van der Waals surface area contributed by atoms with Crippen LogP contribution in [0.1, 0.15) is 50.2 Å². The van der Waals surface area contributed by atoms with Crippen LogP contribution in [0.2, 0.25) is 0 Å². The van der Waals surface area contributed by atoms with Crippen LogP contribution in [0, 0.1) is 23.4 Å². The van der Waals surface area contributed by atoms with Gasteiger partial charge in [-0.1, -0.05) is 38.2 Å². The average Bonchev–Trinajstić information content (AvgIpc) is 2.37. The van der Waals surface area contributed by atoms with Crippen LogP contribution < -0.4 is 0 Å². The maximum Gasteiger partial charge on any atom is 0.194 e. The normalized spacial score (nSPS) is 18.9. The molecule has 4 heteroatoms. The molecule has 2 rings (SSSR count). The summed E-state index contributed by atoms with van der Waals surface area (Å²) in [5.41, 5.74) is -0.139. The zero-order chi connectivity index (χ0) is 13.1. The average molecular weight is 258 g/mol. The molecule has 1 unspecified atom stereocenters. The molecule has 0 saturated heterocycles. The molecule has 0 heterocycles. The fourth-order valence-electron chi connectivity index (χ4n) is 2.66. The highest BCUT2D eigenvalue weighted by molar-refractivity contribution is 5.22. The van der Waals surface area contributed by atoms with Gasteiger partial charge in [0.05, 0.1) is 6.10 Å². The SMILES string of the molecule is OC(CC1CCCCC1)c1ccc(F)c(F)c1F. The van der Waals surface area contributed by atoms with Crippen LogP contribution in [0.3, 0.4) is 0 Å². The second-order valence-corrected chi connectivity index (χ2v) is 5.02. The minimum Gasteiger partial charge on any atom is -0.388 e. The number of benzene rings is 1. The summed E-state index contributed by atoms with van der Waals surface area (Å²) in [5, 5.41) is 9.94. The molecule has 1 aromatic carbocycles. The fourth-order valence-corrected chi connectivity index (χ4v) is 2.66. The molecule has 0 aromatic heterocycles. The van der Waals surface area contributed by atoms with E-state index in [1.165, 1.54) is 6.42 Å². The molecule has 0 amide bonds. The third-order valence-corrected chi connectivity index (χ3v) is 3.71. The van der Waals surface area contributed by atoms with Gasteiger partial charge in [-0.25, -0.2) is 13.2 Å². The first kappa shape index (κ1) is 13.4. The zero-order valence-corrected chi connectivity index (χ0v) is 10.1. The zero-order valence-electron chi connectivity index (χ0n) is 10.1. The molecule has 0 aliphatic heterocycles. The van der Waals surface area contributed by atoms with Crippen LogP contribution in [-0.4, -0.2) is 5.11 Å². The Bertz CT molecular complexity index is 414. The second-order valence-electron chi connectivity index (χ2n) is 5.02. The first-order chi connectivity index (χ1) is 8.59. The van der Waals surface area contributed by atoms with Gasteiger partial charge >= 0.3 is 0 Å². The Balaban J connectivity index is 2.08. The van der Waals surface area contributed by atoms with Gasteiger partial charge in [-0.2, -0.15) is 0 Å². The summed E-state index contributed by atoms with van der Waals surface area (Å²) in [5.74, 6) is -3.64. The van der Waals surface area contributed by atoms with E-state index in [0.29, 0.717) is 12.3 Å². The summed E-state index contributed by atoms with van der Waals surface area (Å²) in [7, 11) is 0. The predicted octanol–water partition coefficient (Wildman–Crippen LogP) is 4.11. The lowest BCUT2D eigenvalue weighted by Gasteiger charge is -2.24. The van der Waals surface area contributed by atoms with E-state index in [9.17, 15) is 18.3 Å². The van der Waals surface area contributed by atoms with Gasteiger partial charge in [-0.15, -0.1) is 0 Å². The largest absolute Gasteiger partial charge is 0.388 e. The summed E-state index contributed by atoms with van der Waals surface area (Å²) < 4.78 is 39.3. The summed E-state index contributed by atoms with van der Waals surface area (Å²) in [4.78, 5) is 0. The third kappa shape index (κ3) is 2.86. The molecule has 0 radical (unpaired) electrons. The van der Waals surface area contributed by atoms with E-state index in [4.69, 9.17) is 0 Å². The van der Waals surface area contributed by atoms with Crippen molar-refractivity contribution in [1.82, 2.24) is 0 Å². The van der Waals surface area contributed by atoms with E-state index in [-0.39, 0.29) is 5.56 Å². The molecular formula is C14H17F3O. The van der Waals surface area contributed by atoms with Crippen molar-refractivity contribution in [2.75, 3.05) is 0 Å². The minimum absolute atomic E-state index is 0.139. The quantitative estimate of drug-likeness (QED) is 0.809. The van der Waals surface area contributed by atoms with Gasteiger partial charge in [0.15, 0.2) is 17.5 Å². The molecule has 1 fully saturated rings. The molecule has 1 aliphatic rings. The van der Waals surface area contributed by atoms with Crippen molar-refractivity contribution in [2.45, 2.75) is 44.6 Å². The Kier molecular flexibility index (Phi) is 4.27. The highest BCUT2D eigenvalue weighted by Gasteiger charge is 2.23. The first-order valence-corrected chi connectivity index (χ1v) is 6.41. The van der Waals surface area contributed by atoms with Crippen LogP contribution in [0.4, 0.5) is 13.2 Å². The monoisotopic (exact) mass is 258 g/mol. The van der Waals surface area contributed by atoms with Gasteiger partial charge < -0.3 is 5.11 Å². The number of aliphatic hydroxyl groups excluding tert-OH is 1. The van der Waals surface area contributed by atoms with E-state index in [2.05, 4.69) is 0 Å². The van der Waals surface area contributed by atoms with Crippen LogP contribution in [0.15, 0.2) is 12.1 Å². The predicted molar refractivity (Wildman–Crippen MR) is 62.5 cm³/mol. The maximum absolute atomic E-state index is 13.5. The molecule has 1 atom stereocenters. The van der Waals surface area contributed by atoms with Gasteiger partial charge in [-0.05, 0) is 18.4 Å². The Labute approximate surface area is 105 Å².